The average molecular weight is 192 g/mol. The van der Waals surface area contributed by atoms with E-state index in [0.717, 1.165) is 0 Å². The second-order valence-corrected chi connectivity index (χ2v) is 11.0. The van der Waals surface area contributed by atoms with Crippen molar-refractivity contribution in [1.29, 1.82) is 0 Å². The molecule has 0 heterocycles. The van der Waals surface area contributed by atoms with Gasteiger partial charge in [0.25, 0.3) is 0 Å². The van der Waals surface area contributed by atoms with Crippen LogP contribution in [0.3, 0.4) is 0 Å². The lowest BCUT2D eigenvalue weighted by Crippen LogP contribution is -2.38. The Hall–Kier alpha value is 0.377. The van der Waals surface area contributed by atoms with Gasteiger partial charge in [-0.3, -0.25) is 0 Å². The molecule has 0 amide bonds. The Balaban J connectivity index is 4.53. The van der Waals surface area contributed by atoms with Crippen molar-refractivity contribution < 1.29 is 0 Å². The lowest BCUT2D eigenvalue weighted by Gasteiger charge is -2.32. The van der Waals surface area contributed by atoms with E-state index in [1.165, 1.54) is 0 Å². The van der Waals surface area contributed by atoms with Gasteiger partial charge in [0.1, 0.15) is 0 Å². The van der Waals surface area contributed by atoms with Gasteiger partial charge in [-0.25, -0.2) is 0 Å². The highest BCUT2D eigenvalue weighted by Gasteiger charge is 2.45. The summed E-state index contributed by atoms with van der Waals surface area (Å²) in [5, 5.41) is 0. The zero-order valence-corrected chi connectivity index (χ0v) is 10.1. The first-order valence-corrected chi connectivity index (χ1v) is 7.59. The molecule has 0 aliphatic rings. The minimum atomic E-state index is -1.62. The van der Waals surface area contributed by atoms with Gasteiger partial charge in [-0.2, -0.15) is 11.1 Å². The molecule has 11 heavy (non-hydrogen) atoms. The van der Waals surface area contributed by atoms with Crippen molar-refractivity contribution in [2.45, 2.75) is 51.2 Å². The third-order valence-electron chi connectivity index (χ3n) is 2.53. The topological polar surface area (TPSA) is 0 Å². The quantitative estimate of drug-likeness (QED) is 0.356. The molecule has 0 spiro atoms. The molecule has 0 rings (SSSR count). The largest absolute Gasteiger partial charge is 0.213 e. The van der Waals surface area contributed by atoms with Crippen molar-refractivity contribution in [3.63, 3.8) is 0 Å². The van der Waals surface area contributed by atoms with Crippen LogP contribution in [-0.4, -0.2) is 7.38 Å². The van der Waals surface area contributed by atoms with Gasteiger partial charge in [-0.05, 0) is 18.0 Å². The van der Waals surface area contributed by atoms with E-state index in [1.807, 2.05) is 0 Å². The Morgan fingerprint density at radius 3 is 1.27 bits per heavy atom. The summed E-state index contributed by atoms with van der Waals surface area (Å²) in [4.78, 5) is 0. The highest BCUT2D eigenvalue weighted by molar-refractivity contribution is 7.22. The van der Waals surface area contributed by atoms with E-state index in [9.17, 15) is 0 Å². The molecule has 2 heteroatoms. The van der Waals surface area contributed by atoms with Crippen molar-refractivity contribution in [2.75, 3.05) is 0 Å². The van der Waals surface area contributed by atoms with Crippen molar-refractivity contribution in [1.82, 2.24) is 0 Å². The van der Waals surface area contributed by atoms with Crippen LogP contribution in [0.15, 0.2) is 0 Å². The number of hydrogen-bond donors (Lipinski definition) is 0. The molecule has 66 valence electrons. The fraction of sp³-hybridized carbons (Fsp3) is 0.889. The van der Waals surface area contributed by atoms with Gasteiger partial charge in [-0.1, -0.05) is 27.7 Å². The van der Waals surface area contributed by atoms with Gasteiger partial charge < -0.3 is 0 Å². The average Bonchev–Trinajstić information content (AvgIpc) is 1.84. The highest BCUT2D eigenvalue weighted by Crippen LogP contribution is 2.43. The first-order chi connectivity index (χ1) is 4.83. The zero-order valence-electron chi connectivity index (χ0n) is 8.32. The van der Waals surface area contributed by atoms with E-state index in [0.29, 0.717) is 16.6 Å². The second-order valence-electron chi connectivity index (χ2n) is 4.04. The van der Waals surface area contributed by atoms with E-state index in [-0.39, 0.29) is 0 Å². The summed E-state index contributed by atoms with van der Waals surface area (Å²) in [5.74, 6) is 0. The molecule has 0 fully saturated rings. The van der Waals surface area contributed by atoms with Gasteiger partial charge in [0.05, 0.1) is 12.5 Å². The van der Waals surface area contributed by atoms with E-state index < -0.39 is 7.38 Å². The Morgan fingerprint density at radius 1 is 1.00 bits per heavy atom. The van der Waals surface area contributed by atoms with Crippen LogP contribution in [0.2, 0.25) is 16.6 Å². The molecular weight excluding hydrogens is 172 g/mol. The smallest absolute Gasteiger partial charge is 0.161 e. The summed E-state index contributed by atoms with van der Waals surface area (Å²) >= 11 is 6.62. The monoisotopic (exact) mass is 191 g/mol. The van der Waals surface area contributed by atoms with E-state index in [1.54, 1.807) is 0 Å². The molecule has 0 nitrogen and oxygen atoms in total. The van der Waals surface area contributed by atoms with Crippen molar-refractivity contribution in [3.8, 4) is 0 Å². The van der Waals surface area contributed by atoms with Crippen LogP contribution in [0.1, 0.15) is 34.6 Å². The van der Waals surface area contributed by atoms with Gasteiger partial charge in [0.2, 0.25) is 7.38 Å². The Labute approximate surface area is 77.0 Å². The zero-order chi connectivity index (χ0) is 9.23. The SMILES string of the molecule is [CH2+]C(C)[Si](Cl)(C(C)C)C(C)C. The maximum absolute atomic E-state index is 6.62. The number of halogens is 1. The molecule has 0 aromatic carbocycles. The van der Waals surface area contributed by atoms with Crippen LogP contribution in [0.4, 0.5) is 0 Å². The van der Waals surface area contributed by atoms with Gasteiger partial charge >= 0.3 is 0 Å². The molecular formula is C9H20ClSi+. The third kappa shape index (κ3) is 2.16. The lowest BCUT2D eigenvalue weighted by molar-refractivity contribution is 0.877. The maximum atomic E-state index is 6.62. The van der Waals surface area contributed by atoms with E-state index >= 15 is 0 Å². The first kappa shape index (κ1) is 11.4. The molecule has 0 N–H and O–H groups in total. The molecule has 1 unspecified atom stereocenters. The number of rotatable bonds is 3. The molecule has 0 saturated carbocycles. The molecule has 0 bridgehead atoms. The van der Waals surface area contributed by atoms with Crippen molar-refractivity contribution in [3.05, 3.63) is 6.92 Å². The predicted molar refractivity (Wildman–Crippen MR) is 56.6 cm³/mol. The van der Waals surface area contributed by atoms with Crippen LogP contribution in [0, 0.1) is 6.92 Å². The van der Waals surface area contributed by atoms with Crippen molar-refractivity contribution in [2.24, 2.45) is 0 Å². The standard InChI is InChI=1S/C9H20ClSi/c1-7(2)11(10,8(3)4)9(5)6/h7-9H,1H2,2-6H3/q+1. The molecule has 0 aromatic heterocycles. The van der Waals surface area contributed by atoms with Crippen LogP contribution in [0.25, 0.3) is 0 Å². The summed E-state index contributed by atoms with van der Waals surface area (Å²) in [7, 11) is -1.62. The lowest BCUT2D eigenvalue weighted by atomic mass is 10.5. The summed E-state index contributed by atoms with van der Waals surface area (Å²) < 4.78 is 0. The normalized spacial score (nSPS) is 16.0. The molecule has 0 aliphatic carbocycles. The molecule has 0 radical (unpaired) electrons. The highest BCUT2D eigenvalue weighted by atomic mass is 35.6. The van der Waals surface area contributed by atoms with Crippen LogP contribution >= 0.6 is 11.1 Å². The van der Waals surface area contributed by atoms with E-state index in [2.05, 4.69) is 41.5 Å². The Bertz CT molecular complexity index is 97.0. The second kappa shape index (κ2) is 3.86. The van der Waals surface area contributed by atoms with Crippen LogP contribution < -0.4 is 0 Å². The van der Waals surface area contributed by atoms with Crippen molar-refractivity contribution >= 4 is 18.5 Å². The molecule has 1 atom stereocenters. The minimum Gasteiger partial charge on any atom is -0.161 e. The summed E-state index contributed by atoms with van der Waals surface area (Å²) in [6, 6.07) is 0. The Morgan fingerprint density at radius 2 is 1.27 bits per heavy atom. The van der Waals surface area contributed by atoms with Crippen LogP contribution in [0.5, 0.6) is 0 Å². The predicted octanol–water partition coefficient (Wildman–Crippen LogP) is 4.21. The summed E-state index contributed by atoms with van der Waals surface area (Å²) in [6.45, 7) is 15.1. The number of hydrogen-bond acceptors (Lipinski definition) is 0. The summed E-state index contributed by atoms with van der Waals surface area (Å²) in [6.07, 6.45) is 0. The fourth-order valence-electron chi connectivity index (χ4n) is 1.80. The molecule has 0 saturated heterocycles. The van der Waals surface area contributed by atoms with Gasteiger partial charge in [0.15, 0.2) is 0 Å². The third-order valence-corrected chi connectivity index (χ3v) is 11.3. The summed E-state index contributed by atoms with van der Waals surface area (Å²) in [5.41, 5.74) is 1.68. The Kier molecular flexibility index (Phi) is 3.99. The van der Waals surface area contributed by atoms with Gasteiger partial charge in [0, 0.05) is 0 Å². The fourth-order valence-corrected chi connectivity index (χ4v) is 5.41. The van der Waals surface area contributed by atoms with E-state index in [4.69, 9.17) is 11.1 Å². The molecule has 0 aliphatic heterocycles. The van der Waals surface area contributed by atoms with Crippen LogP contribution in [-0.2, 0) is 0 Å². The molecule has 0 aromatic rings. The van der Waals surface area contributed by atoms with Gasteiger partial charge in [-0.15, -0.1) is 0 Å². The first-order valence-electron chi connectivity index (χ1n) is 4.35. The minimum absolute atomic E-state index is 0.434. The maximum Gasteiger partial charge on any atom is 0.213 e.